The van der Waals surface area contributed by atoms with Gasteiger partial charge in [-0.15, -0.1) is 0 Å². The van der Waals surface area contributed by atoms with Gasteiger partial charge in [0.2, 0.25) is 0 Å². The second kappa shape index (κ2) is 4.47. The minimum absolute atomic E-state index is 0.159. The SMILES string of the molecule is CN(C)c1cc[n+](-c2nc(Cl)nc3[n-]cnc23)cc1. The lowest BCUT2D eigenvalue weighted by molar-refractivity contribution is -0.598. The van der Waals surface area contributed by atoms with Crippen molar-refractivity contribution in [3.63, 3.8) is 0 Å². The Kier molecular flexibility index (Phi) is 2.79. The maximum absolute atomic E-state index is 5.90. The van der Waals surface area contributed by atoms with Crippen LogP contribution in [0.1, 0.15) is 0 Å². The van der Waals surface area contributed by atoms with Crippen LogP contribution < -0.4 is 14.5 Å². The van der Waals surface area contributed by atoms with Crippen molar-refractivity contribution in [1.29, 1.82) is 0 Å². The molecular weight excluding hydrogens is 264 g/mol. The Morgan fingerprint density at radius 2 is 1.95 bits per heavy atom. The number of imidazole rings is 1. The number of hydrogen-bond donors (Lipinski definition) is 0. The highest BCUT2D eigenvalue weighted by Crippen LogP contribution is 2.14. The van der Waals surface area contributed by atoms with Crippen molar-refractivity contribution < 1.29 is 4.57 Å². The van der Waals surface area contributed by atoms with Crippen molar-refractivity contribution in [3.8, 4) is 5.82 Å². The molecule has 96 valence electrons. The van der Waals surface area contributed by atoms with Crippen molar-refractivity contribution in [2.24, 2.45) is 0 Å². The third-order valence-corrected chi connectivity index (χ3v) is 2.93. The Labute approximate surface area is 114 Å². The molecule has 0 amide bonds. The summed E-state index contributed by atoms with van der Waals surface area (Å²) >= 11 is 5.90. The van der Waals surface area contributed by atoms with Gasteiger partial charge in [0.05, 0.1) is 12.4 Å². The summed E-state index contributed by atoms with van der Waals surface area (Å²) in [5, 5.41) is 0.159. The molecule has 6 nitrogen and oxygen atoms in total. The highest BCUT2D eigenvalue weighted by atomic mass is 35.5. The molecule has 0 aliphatic rings. The Morgan fingerprint density at radius 3 is 2.63 bits per heavy atom. The summed E-state index contributed by atoms with van der Waals surface area (Å²) in [4.78, 5) is 18.5. The van der Waals surface area contributed by atoms with Crippen LogP contribution in [-0.4, -0.2) is 29.0 Å². The second-order valence-electron chi connectivity index (χ2n) is 4.22. The van der Waals surface area contributed by atoms with E-state index < -0.39 is 0 Å². The minimum Gasteiger partial charge on any atom is -0.377 e. The number of pyridine rings is 1. The molecule has 0 radical (unpaired) electrons. The van der Waals surface area contributed by atoms with Gasteiger partial charge in [0.15, 0.2) is 0 Å². The van der Waals surface area contributed by atoms with Crippen LogP contribution in [-0.2, 0) is 0 Å². The van der Waals surface area contributed by atoms with Crippen LogP contribution in [0.2, 0.25) is 5.28 Å². The normalized spacial score (nSPS) is 10.9. The van der Waals surface area contributed by atoms with Gasteiger partial charge in [-0.3, -0.25) is 0 Å². The first-order valence-electron chi connectivity index (χ1n) is 5.65. The fourth-order valence-electron chi connectivity index (χ4n) is 1.79. The molecule has 3 heterocycles. The second-order valence-corrected chi connectivity index (χ2v) is 4.56. The quantitative estimate of drug-likeness (QED) is 0.515. The van der Waals surface area contributed by atoms with Crippen molar-refractivity contribution >= 4 is 28.5 Å². The average molecular weight is 275 g/mol. The number of fused-ring (bicyclic) bond motifs is 1. The van der Waals surface area contributed by atoms with Gasteiger partial charge in [0.1, 0.15) is 5.52 Å². The van der Waals surface area contributed by atoms with Crippen LogP contribution >= 0.6 is 11.6 Å². The average Bonchev–Trinajstić information content (AvgIpc) is 2.85. The summed E-state index contributed by atoms with van der Waals surface area (Å²) in [5.74, 6) is 0.623. The third kappa shape index (κ3) is 2.10. The Morgan fingerprint density at radius 1 is 1.21 bits per heavy atom. The highest BCUT2D eigenvalue weighted by molar-refractivity contribution is 6.28. The van der Waals surface area contributed by atoms with Gasteiger partial charge in [-0.25, -0.2) is 4.57 Å². The molecule has 0 aliphatic heterocycles. The lowest BCUT2D eigenvalue weighted by atomic mass is 10.3. The van der Waals surface area contributed by atoms with Gasteiger partial charge in [0.25, 0.3) is 5.28 Å². The molecule has 19 heavy (non-hydrogen) atoms. The number of anilines is 1. The largest absolute Gasteiger partial charge is 0.377 e. The topological polar surface area (TPSA) is 59.9 Å². The van der Waals surface area contributed by atoms with E-state index in [-0.39, 0.29) is 5.28 Å². The third-order valence-electron chi connectivity index (χ3n) is 2.76. The van der Waals surface area contributed by atoms with Gasteiger partial charge in [-0.2, -0.15) is 0 Å². The van der Waals surface area contributed by atoms with Crippen LogP contribution in [0.4, 0.5) is 5.69 Å². The van der Waals surface area contributed by atoms with E-state index in [1.165, 1.54) is 6.33 Å². The van der Waals surface area contributed by atoms with Gasteiger partial charge in [-0.05, 0) is 22.9 Å². The summed E-state index contributed by atoms with van der Waals surface area (Å²) in [6.07, 6.45) is 5.26. The molecule has 0 aromatic carbocycles. The molecule has 0 spiro atoms. The maximum Gasteiger partial charge on any atom is 0.340 e. The summed E-state index contributed by atoms with van der Waals surface area (Å²) in [5.41, 5.74) is 2.23. The standard InChI is InChI=1S/C12H11ClN6/c1-18(2)8-3-5-19(6-4-8)11-9-10(15-7-14-9)16-12(13)17-11/h3-7H,1-2H3. The van der Waals surface area contributed by atoms with Crippen molar-refractivity contribution in [1.82, 2.24) is 19.9 Å². The lowest BCUT2D eigenvalue weighted by Gasteiger charge is -2.11. The molecular formula is C12H11ClN6. The zero-order valence-electron chi connectivity index (χ0n) is 10.4. The molecule has 0 bridgehead atoms. The zero-order valence-corrected chi connectivity index (χ0v) is 11.2. The summed E-state index contributed by atoms with van der Waals surface area (Å²) in [6.45, 7) is 0. The van der Waals surface area contributed by atoms with E-state index in [0.717, 1.165) is 5.69 Å². The van der Waals surface area contributed by atoms with Crippen LogP contribution in [0.3, 0.4) is 0 Å². The molecule has 0 atom stereocenters. The van der Waals surface area contributed by atoms with E-state index >= 15 is 0 Å². The van der Waals surface area contributed by atoms with Crippen molar-refractivity contribution in [2.75, 3.05) is 19.0 Å². The fourth-order valence-corrected chi connectivity index (χ4v) is 1.95. The number of rotatable bonds is 2. The van der Waals surface area contributed by atoms with E-state index in [1.54, 1.807) is 0 Å². The van der Waals surface area contributed by atoms with Gasteiger partial charge < -0.3 is 19.9 Å². The minimum atomic E-state index is 0.159. The monoisotopic (exact) mass is 274 g/mol. The number of hydrogen-bond acceptors (Lipinski definition) is 4. The molecule has 3 aromatic rings. The molecule has 0 aliphatic carbocycles. The molecule has 7 heteroatoms. The summed E-state index contributed by atoms with van der Waals surface area (Å²) in [7, 11) is 3.98. The van der Waals surface area contributed by atoms with E-state index in [1.807, 2.05) is 48.1 Å². The molecule has 0 unspecified atom stereocenters. The predicted molar refractivity (Wildman–Crippen MR) is 71.5 cm³/mol. The number of aromatic nitrogens is 5. The van der Waals surface area contributed by atoms with Crippen LogP contribution in [0.25, 0.3) is 17.0 Å². The number of halogens is 1. The molecule has 0 N–H and O–H groups in total. The smallest absolute Gasteiger partial charge is 0.340 e. The van der Waals surface area contributed by atoms with Crippen LogP contribution in [0.5, 0.6) is 0 Å². The summed E-state index contributed by atoms with van der Waals surface area (Å²) in [6, 6.07) is 3.97. The van der Waals surface area contributed by atoms with Crippen molar-refractivity contribution in [3.05, 3.63) is 36.1 Å². The molecule has 0 saturated carbocycles. The molecule has 0 saturated heterocycles. The first kappa shape index (κ1) is 11.9. The zero-order chi connectivity index (χ0) is 13.4. The lowest BCUT2D eigenvalue weighted by Crippen LogP contribution is -2.31. The Hall–Kier alpha value is -2.21. The summed E-state index contributed by atoms with van der Waals surface area (Å²) < 4.78 is 1.84. The number of nitrogens with zero attached hydrogens (tertiary/aromatic N) is 6. The van der Waals surface area contributed by atoms with E-state index in [2.05, 4.69) is 19.9 Å². The molecule has 3 rings (SSSR count). The Bertz CT molecular complexity index is 719. The van der Waals surface area contributed by atoms with Crippen LogP contribution in [0.15, 0.2) is 30.9 Å². The maximum atomic E-state index is 5.90. The van der Waals surface area contributed by atoms with Crippen LogP contribution in [0, 0.1) is 0 Å². The van der Waals surface area contributed by atoms with Crippen molar-refractivity contribution in [2.45, 2.75) is 0 Å². The molecule has 3 aromatic heterocycles. The van der Waals surface area contributed by atoms with Gasteiger partial charge in [-0.1, -0.05) is 0 Å². The van der Waals surface area contributed by atoms with E-state index in [4.69, 9.17) is 11.6 Å². The Balaban J connectivity index is 2.15. The molecule has 0 fully saturated rings. The van der Waals surface area contributed by atoms with Gasteiger partial charge >= 0.3 is 5.82 Å². The fraction of sp³-hybridized carbons (Fsp3) is 0.167. The highest BCUT2D eigenvalue weighted by Gasteiger charge is 2.14. The van der Waals surface area contributed by atoms with E-state index in [9.17, 15) is 0 Å². The predicted octanol–water partition coefficient (Wildman–Crippen LogP) is 0.978. The van der Waals surface area contributed by atoms with Gasteiger partial charge in [0, 0.05) is 37.6 Å². The first-order chi connectivity index (χ1) is 9.15. The first-order valence-corrected chi connectivity index (χ1v) is 6.03. The van der Waals surface area contributed by atoms with E-state index in [0.29, 0.717) is 17.0 Å².